The van der Waals surface area contributed by atoms with Gasteiger partial charge in [0.15, 0.2) is 6.23 Å². The van der Waals surface area contributed by atoms with Crippen LogP contribution >= 0.6 is 7.75 Å². The fraction of sp³-hybridized carbons (Fsp3) is 0.500. The van der Waals surface area contributed by atoms with Gasteiger partial charge in [0.2, 0.25) is 5.79 Å². The first-order valence-corrected chi connectivity index (χ1v) is 13.2. The molecule has 0 spiro atoms. The van der Waals surface area contributed by atoms with E-state index in [4.69, 9.17) is 28.8 Å². The first-order chi connectivity index (χ1) is 18.4. The van der Waals surface area contributed by atoms with Crippen molar-refractivity contribution in [2.45, 2.75) is 57.1 Å². The Balaban J connectivity index is 1.92. The summed E-state index contributed by atoms with van der Waals surface area (Å²) in [5, 5.41) is 17.1. The predicted octanol–water partition coefficient (Wildman–Crippen LogP) is 1.58. The van der Waals surface area contributed by atoms with Crippen LogP contribution in [0.15, 0.2) is 57.3 Å². The molecule has 1 fully saturated rings. The zero-order valence-electron chi connectivity index (χ0n) is 21.5. The van der Waals surface area contributed by atoms with Gasteiger partial charge in [0.1, 0.15) is 30.5 Å². The molecule has 0 aliphatic carbocycles. The average Bonchev–Trinajstić information content (AvgIpc) is 3.15. The number of rotatable bonds is 12. The van der Waals surface area contributed by atoms with Crippen LogP contribution in [0.2, 0.25) is 0 Å². The Bertz CT molecular complexity index is 1360. The van der Waals surface area contributed by atoms with Crippen LogP contribution in [-0.2, 0) is 28.1 Å². The molecule has 212 valence electrons. The minimum Gasteiger partial charge on any atom is -0.462 e. The van der Waals surface area contributed by atoms with Crippen LogP contribution in [0.3, 0.4) is 0 Å². The van der Waals surface area contributed by atoms with E-state index in [0.29, 0.717) is 0 Å². The molecule has 0 amide bonds. The van der Waals surface area contributed by atoms with E-state index in [1.165, 1.54) is 19.1 Å². The molecule has 1 aliphatic rings. The number of carbonyl (C=O) groups is 1. The van der Waals surface area contributed by atoms with Crippen molar-refractivity contribution in [2.24, 2.45) is 5.11 Å². The number of para-hydroxylation sites is 1. The molecule has 17 heteroatoms. The smallest absolute Gasteiger partial charge is 0.459 e. The highest BCUT2D eigenvalue weighted by Crippen LogP contribution is 2.48. The van der Waals surface area contributed by atoms with Crippen molar-refractivity contribution in [3.63, 3.8) is 0 Å². The summed E-state index contributed by atoms with van der Waals surface area (Å²) in [4.78, 5) is 41.0. The Labute approximate surface area is 222 Å². The van der Waals surface area contributed by atoms with E-state index >= 15 is 0 Å². The predicted molar refractivity (Wildman–Crippen MR) is 135 cm³/mol. The van der Waals surface area contributed by atoms with Crippen molar-refractivity contribution < 1.29 is 37.7 Å². The van der Waals surface area contributed by atoms with E-state index in [0.717, 1.165) is 23.9 Å². The number of aromatic amines is 1. The van der Waals surface area contributed by atoms with Gasteiger partial charge < -0.3 is 23.8 Å². The number of hydrogen-bond donors (Lipinski definition) is 3. The number of aliphatic hydroxyl groups is 1. The SMILES string of the molecule is CO[C@]1(CO[P@](=O)(N[C@H](C)C(=O)OC(C)C)Oc2ccccc2)OC(n2ccc(=O)[nH]c2=O)C(N=[N+]=[N-])[C@@H]1O. The van der Waals surface area contributed by atoms with Gasteiger partial charge in [-0.3, -0.25) is 23.7 Å². The molecule has 2 unspecified atom stereocenters. The van der Waals surface area contributed by atoms with Gasteiger partial charge in [0.05, 0.1) is 6.10 Å². The lowest BCUT2D eigenvalue weighted by Crippen LogP contribution is -2.48. The van der Waals surface area contributed by atoms with Crippen molar-refractivity contribution in [2.75, 3.05) is 13.7 Å². The van der Waals surface area contributed by atoms with Gasteiger partial charge >= 0.3 is 19.4 Å². The Kier molecular flexibility index (Phi) is 9.69. The molecule has 3 N–H and O–H groups in total. The molecule has 1 aromatic heterocycles. The molecule has 2 heterocycles. The zero-order valence-corrected chi connectivity index (χ0v) is 22.4. The number of esters is 1. The summed E-state index contributed by atoms with van der Waals surface area (Å²) in [7, 11) is -3.28. The molecule has 39 heavy (non-hydrogen) atoms. The lowest BCUT2D eigenvalue weighted by Gasteiger charge is -2.32. The van der Waals surface area contributed by atoms with Crippen molar-refractivity contribution in [3.05, 3.63) is 73.9 Å². The van der Waals surface area contributed by atoms with E-state index < -0.39 is 67.9 Å². The van der Waals surface area contributed by atoms with E-state index in [1.54, 1.807) is 32.0 Å². The van der Waals surface area contributed by atoms with Crippen molar-refractivity contribution in [3.8, 4) is 5.75 Å². The minimum atomic E-state index is -4.41. The number of carbonyl (C=O) groups excluding carboxylic acids is 1. The van der Waals surface area contributed by atoms with Crippen LogP contribution in [0, 0.1) is 0 Å². The van der Waals surface area contributed by atoms with Crippen LogP contribution in [0.1, 0.15) is 27.0 Å². The number of methoxy groups -OCH3 is 1. The standard InChI is InChI=1S/C22H29N6O10P/c1-13(2)36-20(31)14(3)26-39(33,38-15-8-6-5-7-9-15)35-12-22(34-4)18(30)17(25-27-23)19(37-22)28-11-10-16(29)24-21(28)32/h5-11,13-14,17-19,30H,12H2,1-4H3,(H,26,33)(H,24,29,32)/t14-,17?,18+,19?,22-,39-/m1/s1. The second-order valence-electron chi connectivity index (χ2n) is 8.69. The molecule has 1 aliphatic heterocycles. The van der Waals surface area contributed by atoms with Crippen LogP contribution < -0.4 is 20.9 Å². The number of nitrogens with zero attached hydrogens (tertiary/aromatic N) is 4. The fourth-order valence-corrected chi connectivity index (χ4v) is 5.15. The first-order valence-electron chi connectivity index (χ1n) is 11.7. The number of azide groups is 1. The minimum absolute atomic E-state index is 0.127. The van der Waals surface area contributed by atoms with Crippen LogP contribution in [-0.4, -0.2) is 64.4 Å². The highest BCUT2D eigenvalue weighted by molar-refractivity contribution is 7.52. The van der Waals surface area contributed by atoms with Crippen molar-refractivity contribution in [1.82, 2.24) is 14.6 Å². The van der Waals surface area contributed by atoms with Gasteiger partial charge in [0, 0.05) is 24.3 Å². The Morgan fingerprint density at radius 3 is 2.59 bits per heavy atom. The van der Waals surface area contributed by atoms with E-state index in [-0.39, 0.29) is 5.75 Å². The summed E-state index contributed by atoms with van der Waals surface area (Å²) in [6.45, 7) is 3.89. The van der Waals surface area contributed by atoms with Crippen molar-refractivity contribution in [1.29, 1.82) is 0 Å². The summed E-state index contributed by atoms with van der Waals surface area (Å²) in [6, 6.07) is 6.36. The maximum absolute atomic E-state index is 13.8. The van der Waals surface area contributed by atoms with Gasteiger partial charge in [0.25, 0.3) is 5.56 Å². The molecule has 6 atom stereocenters. The Morgan fingerprint density at radius 2 is 2.00 bits per heavy atom. The number of aliphatic hydroxyl groups excluding tert-OH is 1. The summed E-state index contributed by atoms with van der Waals surface area (Å²) >= 11 is 0. The number of nitrogens with one attached hydrogen (secondary N) is 2. The number of hydrogen-bond acceptors (Lipinski definition) is 11. The number of benzene rings is 1. The average molecular weight is 568 g/mol. The molecule has 1 saturated heterocycles. The fourth-order valence-electron chi connectivity index (χ4n) is 3.65. The third-order valence-corrected chi connectivity index (χ3v) is 7.13. The first kappa shape index (κ1) is 30.1. The van der Waals surface area contributed by atoms with E-state index in [1.807, 2.05) is 4.98 Å². The summed E-state index contributed by atoms with van der Waals surface area (Å²) in [5.74, 6) is -2.75. The quantitative estimate of drug-likeness (QED) is 0.110. The summed E-state index contributed by atoms with van der Waals surface area (Å²) in [5.41, 5.74) is 7.46. The molecule has 16 nitrogen and oxygen atoms in total. The molecule has 0 radical (unpaired) electrons. The number of H-pyrrole nitrogens is 1. The third kappa shape index (κ3) is 7.13. The van der Waals surface area contributed by atoms with Crippen LogP contribution in [0.4, 0.5) is 0 Å². The van der Waals surface area contributed by atoms with Crippen molar-refractivity contribution >= 4 is 13.7 Å². The molecule has 0 bridgehead atoms. The van der Waals surface area contributed by atoms with Gasteiger partial charge in [-0.1, -0.05) is 23.3 Å². The van der Waals surface area contributed by atoms with E-state index in [2.05, 4.69) is 15.1 Å². The number of aromatic nitrogens is 2. The molecule has 2 aromatic rings. The van der Waals surface area contributed by atoms with Crippen LogP contribution in [0.5, 0.6) is 5.75 Å². The maximum atomic E-state index is 13.8. The van der Waals surface area contributed by atoms with Gasteiger partial charge in [-0.2, -0.15) is 5.09 Å². The largest absolute Gasteiger partial charge is 0.462 e. The molecule has 3 rings (SSSR count). The van der Waals surface area contributed by atoms with Gasteiger partial charge in [-0.15, -0.1) is 0 Å². The molecule has 0 saturated carbocycles. The zero-order chi connectivity index (χ0) is 28.8. The third-order valence-electron chi connectivity index (χ3n) is 5.50. The lowest BCUT2D eigenvalue weighted by atomic mass is 10.1. The second kappa shape index (κ2) is 12.6. The summed E-state index contributed by atoms with van der Waals surface area (Å²) in [6.07, 6.45) is -2.57. The Morgan fingerprint density at radius 1 is 1.31 bits per heavy atom. The number of ether oxygens (including phenoxy) is 3. The second-order valence-corrected chi connectivity index (χ2v) is 10.4. The van der Waals surface area contributed by atoms with Gasteiger partial charge in [-0.25, -0.2) is 9.36 Å². The molecular weight excluding hydrogens is 539 g/mol. The van der Waals surface area contributed by atoms with Crippen LogP contribution in [0.25, 0.3) is 10.4 Å². The van der Waals surface area contributed by atoms with E-state index in [9.17, 15) is 24.1 Å². The topological polar surface area (TPSA) is 216 Å². The molecular formula is C22H29N6O10P. The maximum Gasteiger partial charge on any atom is 0.459 e. The van der Waals surface area contributed by atoms with Gasteiger partial charge in [-0.05, 0) is 38.4 Å². The highest BCUT2D eigenvalue weighted by atomic mass is 31.2. The normalized spacial score (nSPS) is 24.9. The Hall–Kier alpha value is -3.49. The highest BCUT2D eigenvalue weighted by Gasteiger charge is 2.57. The monoisotopic (exact) mass is 568 g/mol. The lowest BCUT2D eigenvalue weighted by molar-refractivity contribution is -0.266. The summed E-state index contributed by atoms with van der Waals surface area (Å²) < 4.78 is 42.2. The molecule has 1 aromatic carbocycles.